The van der Waals surface area contributed by atoms with E-state index in [1.54, 1.807) is 6.20 Å². The number of alkyl halides is 3. The number of ether oxygens (including phenoxy) is 1. The molecule has 4 nitrogen and oxygen atoms in total. The third kappa shape index (κ3) is 9.43. The van der Waals surface area contributed by atoms with Crippen LogP contribution in [0.5, 0.6) is 0 Å². The molecule has 0 saturated heterocycles. The number of allylic oxidation sites excluding steroid dienone is 2. The molecule has 152 valence electrons. The van der Waals surface area contributed by atoms with Gasteiger partial charge in [0.2, 0.25) is 0 Å². The number of nitrogens with one attached hydrogen (secondary N) is 3. The first kappa shape index (κ1) is 24.7. The van der Waals surface area contributed by atoms with Crippen molar-refractivity contribution in [1.82, 2.24) is 16.0 Å². The maximum atomic E-state index is 12.1. The highest BCUT2D eigenvalue weighted by Gasteiger charge is 2.29. The lowest BCUT2D eigenvalue weighted by Crippen LogP contribution is -2.40. The first-order valence-electron chi connectivity index (χ1n) is 8.88. The van der Waals surface area contributed by atoms with E-state index in [1.807, 2.05) is 46.0 Å². The number of rotatable bonds is 4. The van der Waals surface area contributed by atoms with Crippen molar-refractivity contribution in [2.75, 3.05) is 6.54 Å². The van der Waals surface area contributed by atoms with Crippen molar-refractivity contribution in [3.63, 3.8) is 0 Å². The quantitative estimate of drug-likeness (QED) is 0.622. The van der Waals surface area contributed by atoms with E-state index in [2.05, 4.69) is 36.7 Å². The number of hydrogen-bond donors (Lipinski definition) is 3. The van der Waals surface area contributed by atoms with E-state index < -0.39 is 18.2 Å². The molecule has 0 aromatic carbocycles. The van der Waals surface area contributed by atoms with Crippen molar-refractivity contribution in [1.29, 1.82) is 0 Å². The van der Waals surface area contributed by atoms with Gasteiger partial charge in [0.15, 0.2) is 6.23 Å². The normalized spacial score (nSPS) is 22.1. The van der Waals surface area contributed by atoms with Crippen LogP contribution in [0, 0.1) is 5.41 Å². The van der Waals surface area contributed by atoms with Crippen LogP contribution in [0.4, 0.5) is 13.2 Å². The molecule has 0 aromatic rings. The average molecular weight is 396 g/mol. The minimum Gasteiger partial charge on any atom is -0.469 e. The van der Waals surface area contributed by atoms with Crippen LogP contribution in [0.15, 0.2) is 35.2 Å². The van der Waals surface area contributed by atoms with Crippen molar-refractivity contribution in [2.45, 2.75) is 66.4 Å². The lowest BCUT2D eigenvalue weighted by atomic mass is 9.95. The van der Waals surface area contributed by atoms with Crippen LogP contribution >= 0.6 is 11.8 Å². The molecule has 2 heterocycles. The van der Waals surface area contributed by atoms with Crippen LogP contribution in [0.2, 0.25) is 0 Å². The van der Waals surface area contributed by atoms with Gasteiger partial charge in [-0.25, -0.2) is 0 Å². The summed E-state index contributed by atoms with van der Waals surface area (Å²) in [7, 11) is 0. The molecule has 0 spiro atoms. The van der Waals surface area contributed by atoms with Crippen LogP contribution in [-0.2, 0) is 4.74 Å². The second kappa shape index (κ2) is 11.4. The molecular formula is C18H32F3N3OS. The molecule has 0 amide bonds. The Morgan fingerprint density at radius 1 is 1.12 bits per heavy atom. The van der Waals surface area contributed by atoms with E-state index in [1.165, 1.54) is 11.8 Å². The van der Waals surface area contributed by atoms with E-state index in [9.17, 15) is 13.2 Å². The third-order valence-electron chi connectivity index (χ3n) is 2.93. The van der Waals surface area contributed by atoms with Gasteiger partial charge >= 0.3 is 6.18 Å². The Morgan fingerprint density at radius 2 is 1.73 bits per heavy atom. The molecule has 0 fully saturated rings. The maximum Gasteiger partial charge on any atom is 0.401 e. The third-order valence-corrected chi connectivity index (χ3v) is 3.99. The van der Waals surface area contributed by atoms with Crippen molar-refractivity contribution < 1.29 is 17.9 Å². The van der Waals surface area contributed by atoms with Crippen molar-refractivity contribution in [3.8, 4) is 0 Å². The average Bonchev–Trinajstić information content (AvgIpc) is 3.23. The molecule has 2 aliphatic rings. The zero-order valence-corrected chi connectivity index (χ0v) is 17.4. The topological polar surface area (TPSA) is 45.3 Å². The van der Waals surface area contributed by atoms with E-state index >= 15 is 0 Å². The van der Waals surface area contributed by atoms with E-state index in [-0.39, 0.29) is 11.6 Å². The molecule has 3 N–H and O–H groups in total. The Labute approximate surface area is 159 Å². The fourth-order valence-corrected chi connectivity index (χ4v) is 2.66. The van der Waals surface area contributed by atoms with Gasteiger partial charge in [-0.1, -0.05) is 60.2 Å². The first-order chi connectivity index (χ1) is 12.1. The largest absolute Gasteiger partial charge is 0.469 e. The van der Waals surface area contributed by atoms with Gasteiger partial charge in [0, 0.05) is 22.7 Å². The molecule has 2 rings (SSSR count). The standard InChI is InChI=1S/C14H20F3N3OS.2C2H6/c1-13(2,3)10-7-18-11(21-10)5-4-9-6-19-12(22-9)20-8-14(15,16)17;2*1-2/h4-7,11-12,18-20H,8H2,1-3H3;2*1-2H3/b5-4+;;. The maximum absolute atomic E-state index is 12.1. The van der Waals surface area contributed by atoms with Gasteiger partial charge in [0.05, 0.1) is 6.54 Å². The summed E-state index contributed by atoms with van der Waals surface area (Å²) in [6.07, 6.45) is 2.72. The highest BCUT2D eigenvalue weighted by atomic mass is 32.2. The Bertz CT molecular complexity index is 497. The van der Waals surface area contributed by atoms with Gasteiger partial charge in [-0.3, -0.25) is 5.32 Å². The fourth-order valence-electron chi connectivity index (χ4n) is 1.79. The van der Waals surface area contributed by atoms with Gasteiger partial charge in [-0.15, -0.1) is 0 Å². The van der Waals surface area contributed by atoms with E-state index in [0.717, 1.165) is 10.7 Å². The number of halogens is 3. The second-order valence-electron chi connectivity index (χ2n) is 6.03. The highest BCUT2D eigenvalue weighted by molar-refractivity contribution is 8.04. The van der Waals surface area contributed by atoms with Crippen molar-refractivity contribution in [2.24, 2.45) is 5.41 Å². The Balaban J connectivity index is 0.00000146. The molecule has 0 aromatic heterocycles. The SMILES string of the molecule is CC.CC.CC(C)(C)C1=CNC(/C=C/C2=CNC(NCC(F)(F)F)S2)O1. The Hall–Kier alpha value is -1.28. The molecule has 2 unspecified atom stereocenters. The zero-order chi connectivity index (χ0) is 20.4. The Morgan fingerprint density at radius 3 is 2.23 bits per heavy atom. The molecule has 2 atom stereocenters. The predicted molar refractivity (Wildman–Crippen MR) is 104 cm³/mol. The molecule has 8 heteroatoms. The summed E-state index contributed by atoms with van der Waals surface area (Å²) in [6.45, 7) is 13.2. The predicted octanol–water partition coefficient (Wildman–Crippen LogP) is 5.04. The fraction of sp³-hybridized carbons (Fsp3) is 0.667. The Kier molecular flexibility index (Phi) is 10.9. The number of thioether (sulfide) groups is 1. The molecular weight excluding hydrogens is 363 g/mol. The minimum atomic E-state index is -4.21. The monoisotopic (exact) mass is 395 g/mol. The number of hydrogen-bond acceptors (Lipinski definition) is 5. The van der Waals surface area contributed by atoms with Crippen LogP contribution in [-0.4, -0.2) is 24.4 Å². The summed E-state index contributed by atoms with van der Waals surface area (Å²) in [5.41, 5.74) is -0.535. The highest BCUT2D eigenvalue weighted by Crippen LogP contribution is 2.30. The molecule has 0 aliphatic carbocycles. The van der Waals surface area contributed by atoms with Crippen molar-refractivity contribution in [3.05, 3.63) is 35.2 Å². The summed E-state index contributed by atoms with van der Waals surface area (Å²) in [5, 5.41) is 8.34. The van der Waals surface area contributed by atoms with Crippen LogP contribution < -0.4 is 16.0 Å². The smallest absolute Gasteiger partial charge is 0.401 e. The summed E-state index contributed by atoms with van der Waals surface area (Å²) in [5.74, 6) is 0.873. The van der Waals surface area contributed by atoms with Crippen LogP contribution in [0.1, 0.15) is 48.5 Å². The van der Waals surface area contributed by atoms with Gasteiger partial charge in [0.25, 0.3) is 0 Å². The van der Waals surface area contributed by atoms with E-state index in [0.29, 0.717) is 0 Å². The lowest BCUT2D eigenvalue weighted by molar-refractivity contribution is -0.125. The molecule has 0 saturated carbocycles. The summed E-state index contributed by atoms with van der Waals surface area (Å²) in [6, 6.07) is 0. The van der Waals surface area contributed by atoms with Gasteiger partial charge < -0.3 is 15.4 Å². The molecule has 0 bridgehead atoms. The summed E-state index contributed by atoms with van der Waals surface area (Å²) >= 11 is 1.29. The van der Waals surface area contributed by atoms with Gasteiger partial charge in [0.1, 0.15) is 11.3 Å². The lowest BCUT2D eigenvalue weighted by Gasteiger charge is -2.20. The zero-order valence-electron chi connectivity index (χ0n) is 16.6. The van der Waals surface area contributed by atoms with E-state index in [4.69, 9.17) is 4.74 Å². The van der Waals surface area contributed by atoms with Crippen LogP contribution in [0.3, 0.4) is 0 Å². The van der Waals surface area contributed by atoms with Gasteiger partial charge in [-0.2, -0.15) is 13.2 Å². The molecule has 0 radical (unpaired) electrons. The summed E-state index contributed by atoms with van der Waals surface area (Å²) in [4.78, 5) is 0.842. The van der Waals surface area contributed by atoms with Crippen molar-refractivity contribution >= 4 is 11.8 Å². The molecule has 26 heavy (non-hydrogen) atoms. The second-order valence-corrected chi connectivity index (χ2v) is 7.21. The van der Waals surface area contributed by atoms with Crippen LogP contribution in [0.25, 0.3) is 0 Å². The summed E-state index contributed by atoms with van der Waals surface area (Å²) < 4.78 is 42.1. The minimum absolute atomic E-state index is 0.0644. The first-order valence-corrected chi connectivity index (χ1v) is 9.76. The van der Waals surface area contributed by atoms with Gasteiger partial charge in [-0.05, 0) is 12.2 Å². The molecule has 2 aliphatic heterocycles.